The van der Waals surface area contributed by atoms with Crippen molar-refractivity contribution in [1.82, 2.24) is 0 Å². The second-order valence-corrected chi connectivity index (χ2v) is 11.8. The molecule has 0 spiro atoms. The smallest absolute Gasteiger partial charge is 0.332 e. The summed E-state index contributed by atoms with van der Waals surface area (Å²) >= 11 is 0. The number of aliphatic imine (C=N–C) groups is 2. The van der Waals surface area contributed by atoms with Gasteiger partial charge in [-0.3, -0.25) is 14.2 Å². The molecular weight excluding hydrogens is 539 g/mol. The summed E-state index contributed by atoms with van der Waals surface area (Å²) in [5, 5.41) is 2.60. The van der Waals surface area contributed by atoms with Crippen LogP contribution in [-0.4, -0.2) is 50.6 Å². The van der Waals surface area contributed by atoms with Crippen LogP contribution in [0.5, 0.6) is 0 Å². The van der Waals surface area contributed by atoms with Crippen LogP contribution in [0.2, 0.25) is 0 Å². The van der Waals surface area contributed by atoms with Gasteiger partial charge in [0.15, 0.2) is 0 Å². The first kappa shape index (κ1) is 30.7. The Kier molecular flexibility index (Phi) is 9.58. The van der Waals surface area contributed by atoms with E-state index in [1.54, 1.807) is 4.90 Å². The van der Waals surface area contributed by atoms with E-state index in [1.165, 1.54) is 26.0 Å². The van der Waals surface area contributed by atoms with Crippen molar-refractivity contribution in [3.8, 4) is 0 Å². The molecule has 1 aliphatic rings. The summed E-state index contributed by atoms with van der Waals surface area (Å²) in [7, 11) is -8.53. The molecule has 0 saturated heterocycles. The van der Waals surface area contributed by atoms with E-state index in [9.17, 15) is 25.5 Å². The highest BCUT2D eigenvalue weighted by atomic mass is 32.3. The lowest BCUT2D eigenvalue weighted by atomic mass is 10.1. The standard InChI is InChI=1S/C21H25FN6O3S.C2H6O3S/c1-13-4-8-15(12-17(13)32(22,30)31)25-18(29)11-7-14-5-9-16(10-6-14)28-20(24)26-19(23)27-21(28,2)3;1-2-6(3,4)5/h4-6,8-10,12H,7,11H2,1-3H3,(H,25,29)(H4,23,24,26,27);2H2,1H3,(H,3,4,5). The molecule has 15 heteroatoms. The van der Waals surface area contributed by atoms with E-state index in [-0.39, 0.29) is 41.3 Å². The van der Waals surface area contributed by atoms with Gasteiger partial charge in [-0.2, -0.15) is 21.8 Å². The Morgan fingerprint density at radius 3 is 2.18 bits per heavy atom. The minimum atomic E-state index is -4.86. The Hall–Kier alpha value is -3.56. The first-order valence-electron chi connectivity index (χ1n) is 11.3. The number of anilines is 2. The average Bonchev–Trinajstić information content (AvgIpc) is 2.78. The number of hydrogen-bond donors (Lipinski definition) is 4. The van der Waals surface area contributed by atoms with Crippen molar-refractivity contribution >= 4 is 49.5 Å². The minimum absolute atomic E-state index is 0.121. The Bertz CT molecular complexity index is 1460. The zero-order valence-electron chi connectivity index (χ0n) is 21.3. The summed E-state index contributed by atoms with van der Waals surface area (Å²) in [4.78, 5) is 21.9. The molecule has 12 nitrogen and oxygen atoms in total. The lowest BCUT2D eigenvalue weighted by molar-refractivity contribution is -0.116. The molecule has 0 saturated carbocycles. The number of nitrogens with two attached hydrogens (primary N) is 2. The van der Waals surface area contributed by atoms with Gasteiger partial charge in [-0.1, -0.05) is 18.2 Å². The number of aryl methyl sites for hydroxylation is 2. The van der Waals surface area contributed by atoms with Crippen LogP contribution in [-0.2, 0) is 31.6 Å². The monoisotopic (exact) mass is 570 g/mol. The molecule has 2 aromatic carbocycles. The third kappa shape index (κ3) is 8.78. The van der Waals surface area contributed by atoms with E-state index >= 15 is 0 Å². The number of nitrogens with zero attached hydrogens (tertiary/aromatic N) is 3. The molecule has 1 heterocycles. The van der Waals surface area contributed by atoms with Gasteiger partial charge < -0.3 is 16.8 Å². The number of guanidine groups is 2. The maximum absolute atomic E-state index is 13.4. The summed E-state index contributed by atoms with van der Waals surface area (Å²) in [5.74, 6) is -0.162. The van der Waals surface area contributed by atoms with E-state index in [2.05, 4.69) is 15.3 Å². The second kappa shape index (κ2) is 11.9. The molecule has 38 heavy (non-hydrogen) atoms. The van der Waals surface area contributed by atoms with Crippen molar-refractivity contribution in [2.45, 2.75) is 51.1 Å². The third-order valence-corrected chi connectivity index (χ3v) is 7.02. The normalized spacial score (nSPS) is 15.1. The van der Waals surface area contributed by atoms with Crippen LogP contribution < -0.4 is 21.7 Å². The minimum Gasteiger partial charge on any atom is -0.369 e. The Balaban J connectivity index is 0.000000757. The second-order valence-electron chi connectivity index (χ2n) is 8.77. The number of carbonyl (C=O) groups excluding carboxylic acids is 1. The van der Waals surface area contributed by atoms with Crippen LogP contribution in [0.1, 0.15) is 38.3 Å². The number of hydrogen-bond acceptors (Lipinski definition) is 10. The van der Waals surface area contributed by atoms with Crippen molar-refractivity contribution in [3.63, 3.8) is 0 Å². The predicted molar refractivity (Wildman–Crippen MR) is 145 cm³/mol. The van der Waals surface area contributed by atoms with E-state index in [4.69, 9.17) is 16.0 Å². The topological polar surface area (TPSA) is 198 Å². The van der Waals surface area contributed by atoms with E-state index < -0.39 is 30.9 Å². The highest BCUT2D eigenvalue weighted by Gasteiger charge is 2.32. The molecule has 0 fully saturated rings. The van der Waals surface area contributed by atoms with Crippen LogP contribution in [0.3, 0.4) is 0 Å². The van der Waals surface area contributed by atoms with Gasteiger partial charge in [0.25, 0.3) is 10.1 Å². The lowest BCUT2D eigenvalue weighted by Gasteiger charge is -2.38. The highest BCUT2D eigenvalue weighted by Crippen LogP contribution is 2.28. The van der Waals surface area contributed by atoms with Gasteiger partial charge >= 0.3 is 10.2 Å². The fourth-order valence-electron chi connectivity index (χ4n) is 3.48. The van der Waals surface area contributed by atoms with Crippen LogP contribution >= 0.6 is 0 Å². The molecular formula is C23H31FN6O6S2. The summed E-state index contributed by atoms with van der Waals surface area (Å²) in [6, 6.07) is 11.5. The highest BCUT2D eigenvalue weighted by molar-refractivity contribution is 7.86. The van der Waals surface area contributed by atoms with Crippen molar-refractivity contribution in [2.75, 3.05) is 16.0 Å². The molecule has 0 aromatic heterocycles. The maximum Gasteiger partial charge on any atom is 0.332 e. The number of amides is 1. The van der Waals surface area contributed by atoms with Crippen molar-refractivity contribution in [2.24, 2.45) is 21.5 Å². The van der Waals surface area contributed by atoms with Crippen molar-refractivity contribution < 1.29 is 30.1 Å². The first-order valence-corrected chi connectivity index (χ1v) is 14.3. The van der Waals surface area contributed by atoms with Crippen molar-refractivity contribution in [3.05, 3.63) is 53.6 Å². The predicted octanol–water partition coefficient (Wildman–Crippen LogP) is 2.30. The van der Waals surface area contributed by atoms with Gasteiger partial charge in [0.1, 0.15) is 10.6 Å². The molecule has 6 N–H and O–H groups in total. The average molecular weight is 571 g/mol. The molecule has 2 aromatic rings. The molecule has 0 unspecified atom stereocenters. The molecule has 1 amide bonds. The Labute approximate surface area is 221 Å². The maximum atomic E-state index is 13.4. The molecule has 208 valence electrons. The van der Waals surface area contributed by atoms with Gasteiger partial charge in [-0.15, -0.1) is 3.89 Å². The van der Waals surface area contributed by atoms with Crippen molar-refractivity contribution in [1.29, 1.82) is 0 Å². The largest absolute Gasteiger partial charge is 0.369 e. The van der Waals surface area contributed by atoms with E-state index in [1.807, 2.05) is 38.1 Å². The van der Waals surface area contributed by atoms with Crippen LogP contribution in [0, 0.1) is 6.92 Å². The van der Waals surface area contributed by atoms with Crippen LogP contribution in [0.15, 0.2) is 57.3 Å². The van der Waals surface area contributed by atoms with E-state index in [0.717, 1.165) is 17.3 Å². The summed E-state index contributed by atoms with van der Waals surface area (Å²) < 4.78 is 62.7. The lowest BCUT2D eigenvalue weighted by Crippen LogP contribution is -2.54. The van der Waals surface area contributed by atoms with Gasteiger partial charge in [0, 0.05) is 17.8 Å². The zero-order valence-corrected chi connectivity index (χ0v) is 23.0. The number of halogens is 1. The molecule has 0 aliphatic carbocycles. The SMILES string of the molecule is CCS(=O)(=O)O.Cc1ccc(NC(=O)CCc2ccc(N3C(N)=NC(N)=NC3(C)C)cc2)cc1S(=O)(=O)F. The quantitative estimate of drug-likeness (QED) is 0.285. The fourth-order valence-corrected chi connectivity index (χ4v) is 4.21. The third-order valence-electron chi connectivity index (χ3n) is 5.33. The fraction of sp³-hybridized carbons (Fsp3) is 0.348. The Morgan fingerprint density at radius 2 is 1.68 bits per heavy atom. The van der Waals surface area contributed by atoms with Gasteiger partial charge in [-0.25, -0.2) is 4.99 Å². The van der Waals surface area contributed by atoms with Gasteiger partial charge in [-0.05, 0) is 69.5 Å². The van der Waals surface area contributed by atoms with E-state index in [0.29, 0.717) is 6.42 Å². The Morgan fingerprint density at radius 1 is 1.11 bits per heavy atom. The summed E-state index contributed by atoms with van der Waals surface area (Å²) in [6.45, 7) is 6.58. The number of nitrogens with one attached hydrogen (secondary N) is 1. The summed E-state index contributed by atoms with van der Waals surface area (Å²) in [6.07, 6.45) is 0.606. The van der Waals surface area contributed by atoms with Crippen LogP contribution in [0.25, 0.3) is 0 Å². The molecule has 0 atom stereocenters. The molecule has 0 bridgehead atoms. The van der Waals surface area contributed by atoms with Crippen LogP contribution in [0.4, 0.5) is 15.3 Å². The zero-order chi connectivity index (χ0) is 28.9. The van der Waals surface area contributed by atoms with Gasteiger partial charge in [0.2, 0.25) is 17.8 Å². The van der Waals surface area contributed by atoms with Gasteiger partial charge in [0.05, 0.1) is 5.75 Å². The molecule has 1 aliphatic heterocycles. The summed E-state index contributed by atoms with van der Waals surface area (Å²) in [5.41, 5.74) is 13.2. The molecule has 0 radical (unpaired) electrons. The first-order chi connectivity index (χ1) is 17.4. The number of carbonyl (C=O) groups is 1. The number of rotatable bonds is 7. The number of benzene rings is 2. The molecule has 3 rings (SSSR count).